The lowest BCUT2D eigenvalue weighted by Gasteiger charge is -2.18. The van der Waals surface area contributed by atoms with Crippen LogP contribution in [-0.4, -0.2) is 25.2 Å². The third kappa shape index (κ3) is 5.26. The molecule has 0 bridgehead atoms. The lowest BCUT2D eigenvalue weighted by atomic mass is 10.1. The number of aryl methyl sites for hydroxylation is 2. The van der Waals surface area contributed by atoms with Crippen molar-refractivity contribution in [3.8, 4) is 11.5 Å². The summed E-state index contributed by atoms with van der Waals surface area (Å²) in [6.45, 7) is 6.87. The molecule has 1 amide bonds. The molecule has 0 saturated carbocycles. The molecule has 0 unspecified atom stereocenters. The van der Waals surface area contributed by atoms with E-state index in [-0.39, 0.29) is 5.91 Å². The Labute approximate surface area is 166 Å². The number of amides is 1. The van der Waals surface area contributed by atoms with Gasteiger partial charge in [0.25, 0.3) is 5.91 Å². The van der Waals surface area contributed by atoms with Crippen LogP contribution in [0.3, 0.4) is 0 Å². The molecule has 0 aromatic heterocycles. The summed E-state index contributed by atoms with van der Waals surface area (Å²) in [6, 6.07) is 20.1. The largest absolute Gasteiger partial charge is 0.492 e. The quantitative estimate of drug-likeness (QED) is 0.573. The van der Waals surface area contributed by atoms with Crippen molar-refractivity contribution in [2.45, 2.75) is 33.3 Å². The second-order valence-corrected chi connectivity index (χ2v) is 6.99. The Morgan fingerprint density at radius 1 is 0.929 bits per heavy atom. The Morgan fingerprint density at radius 2 is 1.64 bits per heavy atom. The number of hydrogen-bond donors (Lipinski definition) is 1. The van der Waals surface area contributed by atoms with Gasteiger partial charge in [0.15, 0.2) is 6.10 Å². The number of benzene rings is 3. The van der Waals surface area contributed by atoms with Crippen molar-refractivity contribution in [3.05, 3.63) is 71.8 Å². The number of ether oxygens (including phenoxy) is 2. The third-order valence-electron chi connectivity index (χ3n) is 4.53. The van der Waals surface area contributed by atoms with Gasteiger partial charge in [-0.3, -0.25) is 4.79 Å². The Morgan fingerprint density at radius 3 is 2.36 bits per heavy atom. The van der Waals surface area contributed by atoms with Crippen LogP contribution in [-0.2, 0) is 4.79 Å². The zero-order valence-corrected chi connectivity index (χ0v) is 16.7. The summed E-state index contributed by atoms with van der Waals surface area (Å²) in [5, 5.41) is 5.15. The van der Waals surface area contributed by atoms with Gasteiger partial charge in [0.1, 0.15) is 18.1 Å². The SMILES string of the molecule is CC[C@H](Oc1ccc2ccccc2c1)C(=O)NCCOc1cc(C)cc(C)c1. The average molecular weight is 377 g/mol. The highest BCUT2D eigenvalue weighted by Crippen LogP contribution is 2.22. The van der Waals surface area contributed by atoms with Gasteiger partial charge in [0.2, 0.25) is 0 Å². The summed E-state index contributed by atoms with van der Waals surface area (Å²) in [5.41, 5.74) is 2.32. The first-order valence-corrected chi connectivity index (χ1v) is 9.69. The van der Waals surface area contributed by atoms with E-state index in [9.17, 15) is 4.79 Å². The molecule has 28 heavy (non-hydrogen) atoms. The number of hydrogen-bond acceptors (Lipinski definition) is 3. The Hall–Kier alpha value is -3.01. The number of carbonyl (C=O) groups excluding carboxylic acids is 1. The van der Waals surface area contributed by atoms with Crippen LogP contribution in [0.25, 0.3) is 10.8 Å². The van der Waals surface area contributed by atoms with E-state index in [1.54, 1.807) is 0 Å². The maximum atomic E-state index is 12.5. The van der Waals surface area contributed by atoms with Crippen LogP contribution >= 0.6 is 0 Å². The van der Waals surface area contributed by atoms with Crippen LogP contribution in [0.5, 0.6) is 11.5 Å². The van der Waals surface area contributed by atoms with E-state index in [1.165, 1.54) is 0 Å². The minimum absolute atomic E-state index is 0.125. The summed E-state index contributed by atoms with van der Waals surface area (Å²) in [6.07, 6.45) is 0.0683. The zero-order valence-electron chi connectivity index (χ0n) is 16.7. The molecule has 3 aromatic rings. The molecule has 0 saturated heterocycles. The van der Waals surface area contributed by atoms with Crippen molar-refractivity contribution in [1.29, 1.82) is 0 Å². The molecule has 0 aliphatic carbocycles. The standard InChI is InChI=1S/C24H27NO3/c1-4-23(28-21-10-9-19-7-5-6-8-20(19)16-21)24(26)25-11-12-27-22-14-17(2)13-18(3)15-22/h5-10,13-16,23H,4,11-12H2,1-3H3,(H,25,26)/t23-/m0/s1. The van der Waals surface area contributed by atoms with Crippen LogP contribution in [0.1, 0.15) is 24.5 Å². The predicted octanol–water partition coefficient (Wildman–Crippen LogP) is 4.81. The first kappa shape index (κ1) is 19.7. The lowest BCUT2D eigenvalue weighted by Crippen LogP contribution is -2.39. The van der Waals surface area contributed by atoms with E-state index in [1.807, 2.05) is 69.3 Å². The van der Waals surface area contributed by atoms with Crippen molar-refractivity contribution in [3.63, 3.8) is 0 Å². The van der Waals surface area contributed by atoms with Gasteiger partial charge in [-0.25, -0.2) is 0 Å². The Balaban J connectivity index is 1.51. The van der Waals surface area contributed by atoms with E-state index >= 15 is 0 Å². The van der Waals surface area contributed by atoms with E-state index in [2.05, 4.69) is 17.4 Å². The molecule has 0 aliphatic heterocycles. The molecule has 0 spiro atoms. The second-order valence-electron chi connectivity index (χ2n) is 6.99. The van der Waals surface area contributed by atoms with Crippen LogP contribution in [0.15, 0.2) is 60.7 Å². The minimum Gasteiger partial charge on any atom is -0.492 e. The van der Waals surface area contributed by atoms with Crippen LogP contribution < -0.4 is 14.8 Å². The highest BCUT2D eigenvalue weighted by molar-refractivity contribution is 5.84. The fourth-order valence-electron chi connectivity index (χ4n) is 3.20. The molecule has 1 atom stereocenters. The highest BCUT2D eigenvalue weighted by atomic mass is 16.5. The number of fused-ring (bicyclic) bond motifs is 1. The fraction of sp³-hybridized carbons (Fsp3) is 0.292. The molecule has 4 nitrogen and oxygen atoms in total. The van der Waals surface area contributed by atoms with Gasteiger partial charge in [0.05, 0.1) is 6.54 Å². The van der Waals surface area contributed by atoms with Crippen molar-refractivity contribution in [2.75, 3.05) is 13.2 Å². The summed E-state index contributed by atoms with van der Waals surface area (Å²) >= 11 is 0. The summed E-state index contributed by atoms with van der Waals surface area (Å²) in [4.78, 5) is 12.5. The molecule has 146 valence electrons. The Bertz CT molecular complexity index is 931. The van der Waals surface area contributed by atoms with E-state index < -0.39 is 6.10 Å². The van der Waals surface area contributed by atoms with Crippen LogP contribution in [0.4, 0.5) is 0 Å². The predicted molar refractivity (Wildman–Crippen MR) is 113 cm³/mol. The van der Waals surface area contributed by atoms with Gasteiger partial charge in [-0.15, -0.1) is 0 Å². The van der Waals surface area contributed by atoms with Crippen molar-refractivity contribution in [2.24, 2.45) is 0 Å². The van der Waals surface area contributed by atoms with Gasteiger partial charge in [-0.05, 0) is 66.4 Å². The topological polar surface area (TPSA) is 47.6 Å². The number of carbonyl (C=O) groups is 1. The summed E-state index contributed by atoms with van der Waals surface area (Å²) in [7, 11) is 0. The van der Waals surface area contributed by atoms with Crippen LogP contribution in [0, 0.1) is 13.8 Å². The van der Waals surface area contributed by atoms with Gasteiger partial charge in [-0.1, -0.05) is 43.3 Å². The zero-order chi connectivity index (χ0) is 19.9. The van der Waals surface area contributed by atoms with E-state index in [0.29, 0.717) is 25.3 Å². The number of nitrogens with one attached hydrogen (secondary N) is 1. The molecule has 0 fully saturated rings. The molecule has 4 heteroatoms. The van der Waals surface area contributed by atoms with Crippen LogP contribution in [0.2, 0.25) is 0 Å². The first-order chi connectivity index (χ1) is 13.5. The van der Waals surface area contributed by atoms with E-state index in [4.69, 9.17) is 9.47 Å². The third-order valence-corrected chi connectivity index (χ3v) is 4.53. The summed E-state index contributed by atoms with van der Waals surface area (Å²) < 4.78 is 11.7. The van der Waals surface area contributed by atoms with Gasteiger partial charge < -0.3 is 14.8 Å². The monoisotopic (exact) mass is 377 g/mol. The normalized spacial score (nSPS) is 11.8. The number of rotatable bonds is 8. The smallest absolute Gasteiger partial charge is 0.261 e. The summed E-state index contributed by atoms with van der Waals surface area (Å²) in [5.74, 6) is 1.40. The maximum Gasteiger partial charge on any atom is 0.261 e. The first-order valence-electron chi connectivity index (χ1n) is 9.69. The minimum atomic E-state index is -0.526. The molecule has 0 heterocycles. The lowest BCUT2D eigenvalue weighted by molar-refractivity contribution is -0.128. The maximum absolute atomic E-state index is 12.5. The van der Waals surface area contributed by atoms with Gasteiger partial charge in [0, 0.05) is 0 Å². The average Bonchev–Trinajstić information content (AvgIpc) is 2.68. The van der Waals surface area contributed by atoms with Crippen molar-refractivity contribution in [1.82, 2.24) is 5.32 Å². The van der Waals surface area contributed by atoms with E-state index in [0.717, 1.165) is 27.6 Å². The molecular weight excluding hydrogens is 350 g/mol. The van der Waals surface area contributed by atoms with Gasteiger partial charge in [-0.2, -0.15) is 0 Å². The van der Waals surface area contributed by atoms with Gasteiger partial charge >= 0.3 is 0 Å². The molecule has 0 radical (unpaired) electrons. The van der Waals surface area contributed by atoms with Crippen molar-refractivity contribution >= 4 is 16.7 Å². The molecule has 0 aliphatic rings. The highest BCUT2D eigenvalue weighted by Gasteiger charge is 2.18. The molecule has 3 rings (SSSR count). The molecular formula is C24H27NO3. The molecule has 1 N–H and O–H groups in total. The molecule has 3 aromatic carbocycles. The second kappa shape index (κ2) is 9.27. The fourth-order valence-corrected chi connectivity index (χ4v) is 3.20. The van der Waals surface area contributed by atoms with Crippen molar-refractivity contribution < 1.29 is 14.3 Å². The Kier molecular flexibility index (Phi) is 6.53.